The predicted octanol–water partition coefficient (Wildman–Crippen LogP) is 1.66. The summed E-state index contributed by atoms with van der Waals surface area (Å²) in [5.41, 5.74) is 5.35. The fourth-order valence-corrected chi connectivity index (χ4v) is 3.67. The lowest BCUT2D eigenvalue weighted by Gasteiger charge is -2.32. The van der Waals surface area contributed by atoms with Gasteiger partial charge in [0.1, 0.15) is 5.75 Å². The molecule has 2 N–H and O–H groups in total. The summed E-state index contributed by atoms with van der Waals surface area (Å²) < 4.78 is 5.75. The summed E-state index contributed by atoms with van der Waals surface area (Å²) in [6.07, 6.45) is 0. The van der Waals surface area contributed by atoms with Gasteiger partial charge in [-0.25, -0.2) is 0 Å². The number of benzene rings is 2. The van der Waals surface area contributed by atoms with Crippen molar-refractivity contribution in [3.8, 4) is 5.75 Å². The van der Waals surface area contributed by atoms with E-state index in [1.165, 1.54) is 4.90 Å². The van der Waals surface area contributed by atoms with E-state index in [-0.39, 0.29) is 18.4 Å². The molecule has 6 heteroatoms. The molecule has 0 radical (unpaired) electrons. The number of piperazine rings is 1. The van der Waals surface area contributed by atoms with Crippen LogP contribution in [0.15, 0.2) is 36.4 Å². The molecular weight excluding hydrogens is 378 g/mol. The summed E-state index contributed by atoms with van der Waals surface area (Å²) in [6.45, 7) is 11.3. The van der Waals surface area contributed by atoms with Crippen LogP contribution in [0.25, 0.3) is 0 Å². The average molecular weight is 411 g/mol. The average Bonchev–Trinajstić information content (AvgIpc) is 2.73. The van der Waals surface area contributed by atoms with Gasteiger partial charge in [0.2, 0.25) is 0 Å². The molecule has 0 saturated carbocycles. The zero-order valence-corrected chi connectivity index (χ0v) is 18.4. The van der Waals surface area contributed by atoms with Crippen molar-refractivity contribution >= 4 is 17.5 Å². The zero-order valence-electron chi connectivity index (χ0n) is 18.4. The summed E-state index contributed by atoms with van der Waals surface area (Å²) >= 11 is 0. The monoisotopic (exact) mass is 410 g/mol. The van der Waals surface area contributed by atoms with E-state index >= 15 is 0 Å². The van der Waals surface area contributed by atoms with Crippen molar-refractivity contribution in [1.29, 1.82) is 0 Å². The number of nitrogens with zero attached hydrogens (tertiary/aromatic N) is 1. The first-order valence-electron chi connectivity index (χ1n) is 10.5. The minimum Gasteiger partial charge on any atom is -0.483 e. The molecule has 30 heavy (non-hydrogen) atoms. The summed E-state index contributed by atoms with van der Waals surface area (Å²) in [7, 11) is 0. The van der Waals surface area contributed by atoms with Crippen LogP contribution in [-0.4, -0.2) is 56.0 Å². The summed E-state index contributed by atoms with van der Waals surface area (Å²) in [5, 5.41) is 3.02. The smallest absolute Gasteiger partial charge is 0.279 e. The van der Waals surface area contributed by atoms with Crippen LogP contribution in [0.3, 0.4) is 0 Å². The highest BCUT2D eigenvalue weighted by atomic mass is 16.5. The van der Waals surface area contributed by atoms with Gasteiger partial charge < -0.3 is 19.9 Å². The molecular formula is C24H32N3O3+. The Bertz CT molecular complexity index is 918. The number of carbonyl (C=O) groups is 2. The molecule has 1 fully saturated rings. The first-order chi connectivity index (χ1) is 14.3. The van der Waals surface area contributed by atoms with E-state index in [0.29, 0.717) is 19.6 Å². The highest BCUT2D eigenvalue weighted by molar-refractivity contribution is 5.92. The second-order valence-corrected chi connectivity index (χ2v) is 8.09. The molecule has 1 saturated heterocycles. The third-order valence-electron chi connectivity index (χ3n) is 6.02. The van der Waals surface area contributed by atoms with Gasteiger partial charge in [-0.05, 0) is 62.1 Å². The van der Waals surface area contributed by atoms with Crippen molar-refractivity contribution in [2.24, 2.45) is 0 Å². The maximum Gasteiger partial charge on any atom is 0.279 e. The van der Waals surface area contributed by atoms with Gasteiger partial charge in [0.25, 0.3) is 11.8 Å². The van der Waals surface area contributed by atoms with Gasteiger partial charge in [0.15, 0.2) is 13.2 Å². The van der Waals surface area contributed by atoms with Gasteiger partial charge in [-0.3, -0.25) is 9.59 Å². The molecule has 0 aromatic heterocycles. The highest BCUT2D eigenvalue weighted by Gasteiger charge is 2.25. The Labute approximate surface area is 178 Å². The quantitative estimate of drug-likeness (QED) is 0.762. The lowest BCUT2D eigenvalue weighted by Crippen LogP contribution is -3.15. The number of hydrogen-bond acceptors (Lipinski definition) is 3. The predicted molar refractivity (Wildman–Crippen MR) is 118 cm³/mol. The highest BCUT2D eigenvalue weighted by Crippen LogP contribution is 2.20. The van der Waals surface area contributed by atoms with Crippen LogP contribution in [0.4, 0.5) is 5.69 Å². The largest absolute Gasteiger partial charge is 0.483 e. The number of anilines is 1. The van der Waals surface area contributed by atoms with Crippen LogP contribution in [0.5, 0.6) is 5.75 Å². The second-order valence-electron chi connectivity index (χ2n) is 8.09. The normalized spacial score (nSPS) is 14.5. The van der Waals surface area contributed by atoms with E-state index < -0.39 is 0 Å². The molecule has 1 aliphatic heterocycles. The number of hydrogen-bond donors (Lipinski definition) is 2. The third kappa shape index (κ3) is 5.39. The van der Waals surface area contributed by atoms with Crippen molar-refractivity contribution in [2.45, 2.75) is 27.7 Å². The van der Waals surface area contributed by atoms with Crippen LogP contribution in [0.2, 0.25) is 0 Å². The van der Waals surface area contributed by atoms with Gasteiger partial charge >= 0.3 is 0 Å². The Hall–Kier alpha value is -2.86. The lowest BCUT2D eigenvalue weighted by molar-refractivity contribution is -0.895. The first kappa shape index (κ1) is 21.8. The lowest BCUT2D eigenvalue weighted by atomic mass is 10.1. The van der Waals surface area contributed by atoms with Gasteiger partial charge in [0.05, 0.1) is 26.2 Å². The van der Waals surface area contributed by atoms with Crippen LogP contribution in [0, 0.1) is 27.7 Å². The van der Waals surface area contributed by atoms with Crippen LogP contribution < -0.4 is 15.0 Å². The molecule has 1 aliphatic rings. The Morgan fingerprint density at radius 2 is 1.60 bits per heavy atom. The Balaban J connectivity index is 1.44. The van der Waals surface area contributed by atoms with Crippen LogP contribution in [-0.2, 0) is 9.59 Å². The van der Waals surface area contributed by atoms with E-state index in [9.17, 15) is 9.59 Å². The minimum atomic E-state index is -0.00482. The number of carbonyl (C=O) groups excluding carboxylic acids is 2. The van der Waals surface area contributed by atoms with E-state index in [1.807, 2.05) is 69.0 Å². The second kappa shape index (κ2) is 9.76. The number of aryl methyl sites for hydroxylation is 2. The molecule has 6 nitrogen and oxygen atoms in total. The van der Waals surface area contributed by atoms with E-state index in [1.54, 1.807) is 0 Å². The molecule has 0 atom stereocenters. The Morgan fingerprint density at radius 3 is 2.30 bits per heavy atom. The van der Waals surface area contributed by atoms with Gasteiger partial charge in [0, 0.05) is 5.69 Å². The van der Waals surface area contributed by atoms with Crippen molar-refractivity contribution in [3.63, 3.8) is 0 Å². The molecule has 0 spiro atoms. The third-order valence-corrected chi connectivity index (χ3v) is 6.02. The van der Waals surface area contributed by atoms with E-state index in [0.717, 1.165) is 46.8 Å². The molecule has 160 valence electrons. The Kier molecular flexibility index (Phi) is 7.11. The summed E-state index contributed by atoms with van der Waals surface area (Å²) in [4.78, 5) is 28.0. The SMILES string of the molecule is Cc1cccc(NC(=O)C[NH+]2CCN(C(=O)COc3cccc(C)c3C)CC2)c1C. The van der Waals surface area contributed by atoms with Gasteiger partial charge in [-0.1, -0.05) is 24.3 Å². The van der Waals surface area contributed by atoms with E-state index in [4.69, 9.17) is 4.74 Å². The fraction of sp³-hybridized carbons (Fsp3) is 0.417. The minimum absolute atomic E-state index is 0.00482. The number of rotatable bonds is 6. The van der Waals surface area contributed by atoms with E-state index in [2.05, 4.69) is 5.32 Å². The Morgan fingerprint density at radius 1 is 0.967 bits per heavy atom. The number of ether oxygens (including phenoxy) is 1. The zero-order chi connectivity index (χ0) is 21.7. The molecule has 3 rings (SSSR count). The van der Waals surface area contributed by atoms with Crippen molar-refractivity contribution in [3.05, 3.63) is 58.7 Å². The standard InChI is InChI=1S/C24H31N3O3/c1-17-7-5-9-21(19(17)3)25-23(28)15-26-11-13-27(14-12-26)24(29)16-30-22-10-6-8-18(2)20(22)4/h5-10H,11-16H2,1-4H3,(H,25,28)/p+1. The van der Waals surface area contributed by atoms with Crippen molar-refractivity contribution in [2.75, 3.05) is 44.6 Å². The van der Waals surface area contributed by atoms with Crippen LogP contribution >= 0.6 is 0 Å². The number of quaternary nitrogens is 1. The molecule has 0 unspecified atom stereocenters. The molecule has 2 aromatic rings. The molecule has 2 aromatic carbocycles. The summed E-state index contributed by atoms with van der Waals surface area (Å²) in [5.74, 6) is 0.766. The maximum absolute atomic E-state index is 12.5. The molecule has 2 amide bonds. The molecule has 0 aliphatic carbocycles. The van der Waals surface area contributed by atoms with Crippen molar-refractivity contribution in [1.82, 2.24) is 4.90 Å². The maximum atomic E-state index is 12.5. The topological polar surface area (TPSA) is 63.1 Å². The molecule has 1 heterocycles. The number of nitrogens with one attached hydrogen (secondary N) is 2. The fourth-order valence-electron chi connectivity index (χ4n) is 3.67. The van der Waals surface area contributed by atoms with Crippen molar-refractivity contribution < 1.29 is 19.2 Å². The number of amides is 2. The van der Waals surface area contributed by atoms with Gasteiger partial charge in [-0.15, -0.1) is 0 Å². The first-order valence-corrected chi connectivity index (χ1v) is 10.5. The molecule has 0 bridgehead atoms. The van der Waals surface area contributed by atoms with Gasteiger partial charge in [-0.2, -0.15) is 0 Å². The van der Waals surface area contributed by atoms with Crippen LogP contribution in [0.1, 0.15) is 22.3 Å². The summed E-state index contributed by atoms with van der Waals surface area (Å²) in [6, 6.07) is 11.8.